The Morgan fingerprint density at radius 3 is 2.93 bits per heavy atom. The molecule has 0 saturated carbocycles. The smallest absolute Gasteiger partial charge is 0.410 e. The lowest BCUT2D eigenvalue weighted by Gasteiger charge is -2.24. The molecule has 1 amide bonds. The molecule has 0 aromatic carbocycles. The van der Waals surface area contributed by atoms with Gasteiger partial charge in [0.05, 0.1) is 6.04 Å². The van der Waals surface area contributed by atoms with E-state index in [1.54, 1.807) is 0 Å². The van der Waals surface area contributed by atoms with Gasteiger partial charge < -0.3 is 15.0 Å². The zero-order valence-electron chi connectivity index (χ0n) is 9.25. The maximum atomic E-state index is 11.4. The molecule has 4 heteroatoms. The van der Waals surface area contributed by atoms with Crippen molar-refractivity contribution in [2.24, 2.45) is 5.92 Å². The molecule has 82 valence electrons. The molecule has 1 aliphatic heterocycles. The summed E-state index contributed by atoms with van der Waals surface area (Å²) >= 11 is 0. The molecular formula is C10H20N2O2. The van der Waals surface area contributed by atoms with E-state index in [9.17, 15) is 4.79 Å². The zero-order chi connectivity index (χ0) is 10.6. The first-order valence-corrected chi connectivity index (χ1v) is 5.24. The standard InChI is InChI=1S/C10H20N2O2/c1-8(2)9-7-14-10(13)12(9)6-4-5-11-3/h8-9,11H,4-7H2,1-3H3. The third-order valence-electron chi connectivity index (χ3n) is 2.61. The fourth-order valence-electron chi connectivity index (χ4n) is 1.70. The second-order valence-electron chi connectivity index (χ2n) is 4.04. The van der Waals surface area contributed by atoms with Crippen LogP contribution in [0.3, 0.4) is 0 Å². The van der Waals surface area contributed by atoms with Gasteiger partial charge in [0, 0.05) is 6.54 Å². The zero-order valence-corrected chi connectivity index (χ0v) is 9.25. The molecule has 1 aliphatic rings. The summed E-state index contributed by atoms with van der Waals surface area (Å²) in [6.45, 7) is 6.53. The van der Waals surface area contributed by atoms with Gasteiger partial charge in [0.1, 0.15) is 6.61 Å². The maximum absolute atomic E-state index is 11.4. The number of rotatable bonds is 5. The topological polar surface area (TPSA) is 41.6 Å². The first kappa shape index (κ1) is 11.3. The summed E-state index contributed by atoms with van der Waals surface area (Å²) < 4.78 is 5.04. The van der Waals surface area contributed by atoms with Crippen molar-refractivity contribution in [2.45, 2.75) is 26.3 Å². The van der Waals surface area contributed by atoms with Crippen LogP contribution in [-0.2, 0) is 4.74 Å². The number of amides is 1. The lowest BCUT2D eigenvalue weighted by atomic mass is 10.0. The van der Waals surface area contributed by atoms with E-state index in [-0.39, 0.29) is 12.1 Å². The van der Waals surface area contributed by atoms with Crippen molar-refractivity contribution < 1.29 is 9.53 Å². The van der Waals surface area contributed by atoms with E-state index in [0.29, 0.717) is 12.5 Å². The highest BCUT2D eigenvalue weighted by Gasteiger charge is 2.34. The number of cyclic esters (lactones) is 1. The van der Waals surface area contributed by atoms with Crippen molar-refractivity contribution in [3.05, 3.63) is 0 Å². The Morgan fingerprint density at radius 1 is 1.64 bits per heavy atom. The molecule has 0 bridgehead atoms. The molecule has 0 aromatic rings. The minimum atomic E-state index is -0.153. The van der Waals surface area contributed by atoms with Gasteiger partial charge in [0.2, 0.25) is 0 Å². The molecule has 1 atom stereocenters. The Labute approximate surface area is 85.6 Å². The van der Waals surface area contributed by atoms with Crippen LogP contribution in [0.2, 0.25) is 0 Å². The number of carbonyl (C=O) groups excluding carboxylic acids is 1. The maximum Gasteiger partial charge on any atom is 0.410 e. The van der Waals surface area contributed by atoms with E-state index in [0.717, 1.165) is 19.5 Å². The Morgan fingerprint density at radius 2 is 2.36 bits per heavy atom. The molecule has 14 heavy (non-hydrogen) atoms. The number of nitrogens with zero attached hydrogens (tertiary/aromatic N) is 1. The highest BCUT2D eigenvalue weighted by atomic mass is 16.6. The molecule has 0 aliphatic carbocycles. The van der Waals surface area contributed by atoms with Gasteiger partial charge >= 0.3 is 6.09 Å². The van der Waals surface area contributed by atoms with Crippen molar-refractivity contribution in [1.29, 1.82) is 0 Å². The highest BCUT2D eigenvalue weighted by Crippen LogP contribution is 2.19. The van der Waals surface area contributed by atoms with E-state index in [1.165, 1.54) is 0 Å². The van der Waals surface area contributed by atoms with E-state index < -0.39 is 0 Å². The lowest BCUT2D eigenvalue weighted by Crippen LogP contribution is -2.38. The lowest BCUT2D eigenvalue weighted by molar-refractivity contribution is 0.156. The summed E-state index contributed by atoms with van der Waals surface area (Å²) in [7, 11) is 1.92. The van der Waals surface area contributed by atoms with Crippen molar-refractivity contribution in [1.82, 2.24) is 10.2 Å². The van der Waals surface area contributed by atoms with Crippen LogP contribution in [0.5, 0.6) is 0 Å². The second-order valence-corrected chi connectivity index (χ2v) is 4.04. The van der Waals surface area contributed by atoms with Crippen LogP contribution < -0.4 is 5.32 Å². The molecule has 1 unspecified atom stereocenters. The normalized spacial score (nSPS) is 21.9. The Kier molecular flexibility index (Phi) is 4.20. The average Bonchev–Trinajstić information content (AvgIpc) is 2.48. The molecule has 1 heterocycles. The van der Waals surface area contributed by atoms with Gasteiger partial charge in [0.25, 0.3) is 0 Å². The molecule has 1 rings (SSSR count). The highest BCUT2D eigenvalue weighted by molar-refractivity contribution is 5.70. The SMILES string of the molecule is CNCCCN1C(=O)OCC1C(C)C. The third kappa shape index (κ3) is 2.61. The van der Waals surface area contributed by atoms with Crippen LogP contribution >= 0.6 is 0 Å². The Bertz CT molecular complexity index is 195. The monoisotopic (exact) mass is 200 g/mol. The quantitative estimate of drug-likeness (QED) is 0.675. The molecule has 1 saturated heterocycles. The average molecular weight is 200 g/mol. The summed E-state index contributed by atoms with van der Waals surface area (Å²) in [5, 5.41) is 3.07. The molecule has 0 spiro atoms. The molecule has 0 radical (unpaired) electrons. The predicted molar refractivity (Wildman–Crippen MR) is 55.2 cm³/mol. The number of nitrogens with one attached hydrogen (secondary N) is 1. The molecule has 1 fully saturated rings. The summed E-state index contributed by atoms with van der Waals surface area (Å²) in [6, 6.07) is 0.263. The first-order chi connectivity index (χ1) is 6.66. The minimum Gasteiger partial charge on any atom is -0.447 e. The van der Waals surface area contributed by atoms with Gasteiger partial charge in [-0.25, -0.2) is 4.79 Å². The van der Waals surface area contributed by atoms with E-state index in [1.807, 2.05) is 11.9 Å². The van der Waals surface area contributed by atoms with Gasteiger partial charge in [-0.2, -0.15) is 0 Å². The van der Waals surface area contributed by atoms with Gasteiger partial charge in [-0.3, -0.25) is 0 Å². The van der Waals surface area contributed by atoms with Crippen molar-refractivity contribution in [2.75, 3.05) is 26.7 Å². The Hall–Kier alpha value is -0.770. The molecule has 4 nitrogen and oxygen atoms in total. The first-order valence-electron chi connectivity index (χ1n) is 5.24. The van der Waals surface area contributed by atoms with E-state index in [4.69, 9.17) is 4.74 Å². The van der Waals surface area contributed by atoms with Crippen LogP contribution in [0.15, 0.2) is 0 Å². The van der Waals surface area contributed by atoms with Crippen LogP contribution in [0, 0.1) is 5.92 Å². The summed E-state index contributed by atoms with van der Waals surface area (Å²) in [4.78, 5) is 13.2. The van der Waals surface area contributed by atoms with Gasteiger partial charge in [-0.1, -0.05) is 13.8 Å². The van der Waals surface area contributed by atoms with Gasteiger partial charge in [0.15, 0.2) is 0 Å². The largest absolute Gasteiger partial charge is 0.447 e. The number of hydrogen-bond donors (Lipinski definition) is 1. The van der Waals surface area contributed by atoms with Crippen molar-refractivity contribution in [3.63, 3.8) is 0 Å². The number of carbonyl (C=O) groups is 1. The van der Waals surface area contributed by atoms with E-state index >= 15 is 0 Å². The van der Waals surface area contributed by atoms with Crippen molar-refractivity contribution in [3.8, 4) is 0 Å². The number of ether oxygens (including phenoxy) is 1. The summed E-state index contributed by atoms with van der Waals surface area (Å²) in [5.41, 5.74) is 0. The van der Waals surface area contributed by atoms with Crippen LogP contribution in [0.1, 0.15) is 20.3 Å². The number of hydrogen-bond acceptors (Lipinski definition) is 3. The fraction of sp³-hybridized carbons (Fsp3) is 0.900. The fourth-order valence-corrected chi connectivity index (χ4v) is 1.70. The van der Waals surface area contributed by atoms with Gasteiger partial charge in [-0.05, 0) is 25.9 Å². The van der Waals surface area contributed by atoms with Crippen LogP contribution in [-0.4, -0.2) is 43.8 Å². The second kappa shape index (κ2) is 5.20. The molecule has 0 aromatic heterocycles. The van der Waals surface area contributed by atoms with E-state index in [2.05, 4.69) is 19.2 Å². The van der Waals surface area contributed by atoms with Crippen LogP contribution in [0.4, 0.5) is 4.79 Å². The molecule has 1 N–H and O–H groups in total. The van der Waals surface area contributed by atoms with Crippen molar-refractivity contribution >= 4 is 6.09 Å². The predicted octanol–water partition coefficient (Wildman–Crippen LogP) is 1.07. The van der Waals surface area contributed by atoms with Gasteiger partial charge in [-0.15, -0.1) is 0 Å². The summed E-state index contributed by atoms with van der Waals surface area (Å²) in [5.74, 6) is 0.469. The third-order valence-corrected chi connectivity index (χ3v) is 2.61. The Balaban J connectivity index is 2.41. The van der Waals surface area contributed by atoms with Crippen LogP contribution in [0.25, 0.3) is 0 Å². The minimum absolute atomic E-state index is 0.153. The summed E-state index contributed by atoms with van der Waals surface area (Å²) in [6.07, 6.45) is 0.828. The molecular weight excluding hydrogens is 180 g/mol.